The summed E-state index contributed by atoms with van der Waals surface area (Å²) in [5.41, 5.74) is 3.59. The number of carbonyl (C=O) groups is 1. The van der Waals surface area contributed by atoms with Crippen molar-refractivity contribution in [1.29, 1.82) is 0 Å². The molecule has 0 radical (unpaired) electrons. The number of aryl methyl sites for hydroxylation is 2. The van der Waals surface area contributed by atoms with Gasteiger partial charge in [0.1, 0.15) is 5.01 Å². The first-order valence-corrected chi connectivity index (χ1v) is 9.04. The van der Waals surface area contributed by atoms with Crippen molar-refractivity contribution in [3.8, 4) is 0 Å². The van der Waals surface area contributed by atoms with E-state index in [4.69, 9.17) is 0 Å². The number of hydrogen-bond acceptors (Lipinski definition) is 5. The fraction of sp³-hybridized carbons (Fsp3) is 0.389. The van der Waals surface area contributed by atoms with Gasteiger partial charge < -0.3 is 5.32 Å². The lowest BCUT2D eigenvalue weighted by Gasteiger charge is -2.22. The van der Waals surface area contributed by atoms with Gasteiger partial charge in [-0.3, -0.25) is 14.4 Å². The third kappa shape index (κ3) is 3.57. The van der Waals surface area contributed by atoms with Crippen molar-refractivity contribution in [1.82, 2.24) is 19.7 Å². The Morgan fingerprint density at radius 1 is 1.36 bits per heavy atom. The summed E-state index contributed by atoms with van der Waals surface area (Å²) in [5.74, 6) is -0.0391. The summed E-state index contributed by atoms with van der Waals surface area (Å²) in [7, 11) is 3.82. The second-order valence-electron chi connectivity index (χ2n) is 6.33. The first-order chi connectivity index (χ1) is 11.9. The predicted octanol–water partition coefficient (Wildman–Crippen LogP) is 3.11. The molecule has 1 N–H and O–H groups in total. The van der Waals surface area contributed by atoms with E-state index in [9.17, 15) is 4.79 Å². The molecular formula is C18H23N5OS. The molecule has 6 nitrogen and oxygen atoms in total. The van der Waals surface area contributed by atoms with E-state index >= 15 is 0 Å². The minimum Gasteiger partial charge on any atom is -0.322 e. The molecule has 2 aromatic heterocycles. The molecule has 0 bridgehead atoms. The van der Waals surface area contributed by atoms with E-state index in [1.165, 1.54) is 4.70 Å². The van der Waals surface area contributed by atoms with Gasteiger partial charge in [0.2, 0.25) is 5.91 Å². The maximum absolute atomic E-state index is 12.6. The Balaban J connectivity index is 1.68. The first kappa shape index (κ1) is 17.6. The number of likely N-dealkylation sites (N-methyl/N-ethyl adjacent to an activating group) is 1. The van der Waals surface area contributed by atoms with Crippen LogP contribution in [0.5, 0.6) is 0 Å². The number of nitrogens with zero attached hydrogens (tertiary/aromatic N) is 4. The van der Waals surface area contributed by atoms with Crippen LogP contribution in [0, 0.1) is 13.8 Å². The highest BCUT2D eigenvalue weighted by Gasteiger charge is 2.21. The molecule has 0 aliphatic rings. The topological polar surface area (TPSA) is 63.1 Å². The normalized spacial score (nSPS) is 12.7. The van der Waals surface area contributed by atoms with Crippen LogP contribution in [0.15, 0.2) is 24.3 Å². The minimum absolute atomic E-state index is 0.0391. The fourth-order valence-corrected chi connectivity index (χ4v) is 3.75. The zero-order chi connectivity index (χ0) is 18.1. The van der Waals surface area contributed by atoms with Gasteiger partial charge in [-0.15, -0.1) is 11.3 Å². The molecule has 1 aromatic carbocycles. The SMILES string of the molecule is Cc1nn(C)c(C)c1NC(=O)[C@H](C)N(C)Cc1nc2ccccc2s1. The largest absolute Gasteiger partial charge is 0.322 e. The van der Waals surface area contributed by atoms with E-state index in [2.05, 4.69) is 21.5 Å². The van der Waals surface area contributed by atoms with Gasteiger partial charge in [-0.05, 0) is 40.0 Å². The van der Waals surface area contributed by atoms with Crippen molar-refractivity contribution in [2.45, 2.75) is 33.4 Å². The van der Waals surface area contributed by atoms with E-state index in [0.29, 0.717) is 6.54 Å². The molecule has 0 spiro atoms. The predicted molar refractivity (Wildman–Crippen MR) is 102 cm³/mol. The van der Waals surface area contributed by atoms with Crippen molar-refractivity contribution in [3.05, 3.63) is 40.7 Å². The van der Waals surface area contributed by atoms with Crippen molar-refractivity contribution >= 4 is 33.1 Å². The summed E-state index contributed by atoms with van der Waals surface area (Å²) in [6.45, 7) is 6.39. The van der Waals surface area contributed by atoms with Gasteiger partial charge in [0.15, 0.2) is 0 Å². The highest BCUT2D eigenvalue weighted by atomic mass is 32.1. The monoisotopic (exact) mass is 357 g/mol. The van der Waals surface area contributed by atoms with Crippen LogP contribution in [-0.4, -0.2) is 38.7 Å². The Morgan fingerprint density at radius 3 is 2.72 bits per heavy atom. The summed E-state index contributed by atoms with van der Waals surface area (Å²) in [4.78, 5) is 19.3. The molecule has 0 aliphatic heterocycles. The minimum atomic E-state index is -0.272. The summed E-state index contributed by atoms with van der Waals surface area (Å²) in [6.07, 6.45) is 0. The van der Waals surface area contributed by atoms with Crippen LogP contribution in [0.25, 0.3) is 10.2 Å². The Labute approximate surface area is 151 Å². The molecule has 25 heavy (non-hydrogen) atoms. The van der Waals surface area contributed by atoms with Gasteiger partial charge in [-0.2, -0.15) is 5.10 Å². The molecule has 0 aliphatic carbocycles. The molecule has 1 amide bonds. The number of aromatic nitrogens is 3. The van der Waals surface area contributed by atoms with Crippen LogP contribution in [0.1, 0.15) is 23.3 Å². The molecule has 0 saturated heterocycles. The molecule has 0 unspecified atom stereocenters. The first-order valence-electron chi connectivity index (χ1n) is 8.22. The van der Waals surface area contributed by atoms with E-state index in [0.717, 1.165) is 27.6 Å². The third-order valence-corrected chi connectivity index (χ3v) is 5.54. The number of rotatable bonds is 5. The van der Waals surface area contributed by atoms with Gasteiger partial charge in [0, 0.05) is 7.05 Å². The maximum Gasteiger partial charge on any atom is 0.241 e. The van der Waals surface area contributed by atoms with Crippen molar-refractivity contribution < 1.29 is 4.79 Å². The van der Waals surface area contributed by atoms with Crippen molar-refractivity contribution in [2.24, 2.45) is 7.05 Å². The number of benzene rings is 1. The summed E-state index contributed by atoms with van der Waals surface area (Å²) < 4.78 is 2.95. The number of amides is 1. The van der Waals surface area contributed by atoms with Crippen molar-refractivity contribution in [3.63, 3.8) is 0 Å². The van der Waals surface area contributed by atoms with E-state index in [-0.39, 0.29) is 11.9 Å². The smallest absolute Gasteiger partial charge is 0.241 e. The number of fused-ring (bicyclic) bond motifs is 1. The van der Waals surface area contributed by atoms with Crippen LogP contribution in [0.2, 0.25) is 0 Å². The summed E-state index contributed by atoms with van der Waals surface area (Å²) >= 11 is 1.67. The number of hydrogen-bond donors (Lipinski definition) is 1. The highest BCUT2D eigenvalue weighted by molar-refractivity contribution is 7.18. The lowest BCUT2D eigenvalue weighted by molar-refractivity contribution is -0.120. The van der Waals surface area contributed by atoms with Crippen molar-refractivity contribution in [2.75, 3.05) is 12.4 Å². The molecule has 132 valence electrons. The number of para-hydroxylation sites is 1. The Kier molecular flexibility index (Phi) is 4.87. The van der Waals surface area contributed by atoms with Gasteiger partial charge >= 0.3 is 0 Å². The zero-order valence-corrected chi connectivity index (χ0v) is 16.0. The van der Waals surface area contributed by atoms with Crippen LogP contribution >= 0.6 is 11.3 Å². The fourth-order valence-electron chi connectivity index (χ4n) is 2.72. The van der Waals surface area contributed by atoms with Crippen LogP contribution in [0.4, 0.5) is 5.69 Å². The Bertz CT molecular complexity index is 880. The molecule has 3 rings (SSSR count). The average Bonchev–Trinajstić information content (AvgIpc) is 3.09. The Hall–Kier alpha value is -2.25. The second-order valence-corrected chi connectivity index (χ2v) is 7.44. The number of carbonyl (C=O) groups excluding carboxylic acids is 1. The molecule has 0 fully saturated rings. The number of anilines is 1. The number of thiazole rings is 1. The van der Waals surface area contributed by atoms with Gasteiger partial charge in [0.25, 0.3) is 0 Å². The zero-order valence-electron chi connectivity index (χ0n) is 15.2. The van der Waals surface area contributed by atoms with Crippen LogP contribution in [0.3, 0.4) is 0 Å². The van der Waals surface area contributed by atoms with E-state index in [1.54, 1.807) is 16.0 Å². The van der Waals surface area contributed by atoms with Gasteiger partial charge in [0.05, 0.1) is 39.9 Å². The number of nitrogens with one attached hydrogen (secondary N) is 1. The molecule has 0 saturated carbocycles. The van der Waals surface area contributed by atoms with Crippen LogP contribution in [-0.2, 0) is 18.4 Å². The quantitative estimate of drug-likeness (QED) is 0.762. The van der Waals surface area contributed by atoms with Crippen LogP contribution < -0.4 is 5.32 Å². The average molecular weight is 357 g/mol. The second kappa shape index (κ2) is 6.93. The molecule has 3 aromatic rings. The van der Waals surface area contributed by atoms with Gasteiger partial charge in [-0.25, -0.2) is 4.98 Å². The molecule has 7 heteroatoms. The highest BCUT2D eigenvalue weighted by Crippen LogP contribution is 2.23. The summed E-state index contributed by atoms with van der Waals surface area (Å²) in [5, 5.41) is 8.36. The molecular weight excluding hydrogens is 334 g/mol. The van der Waals surface area contributed by atoms with E-state index < -0.39 is 0 Å². The maximum atomic E-state index is 12.6. The lowest BCUT2D eigenvalue weighted by atomic mass is 10.2. The Morgan fingerprint density at radius 2 is 2.08 bits per heavy atom. The molecule has 2 heterocycles. The standard InChI is InChI=1S/C18H23N5OS/c1-11-17(12(2)23(5)21-11)20-18(24)13(3)22(4)10-16-19-14-8-6-7-9-15(14)25-16/h6-9,13H,10H2,1-5H3,(H,20,24)/t13-/m0/s1. The molecule has 1 atom stereocenters. The van der Waals surface area contributed by atoms with E-state index in [1.807, 2.05) is 58.0 Å². The summed E-state index contributed by atoms with van der Waals surface area (Å²) in [6, 6.07) is 7.82. The lowest BCUT2D eigenvalue weighted by Crippen LogP contribution is -2.39. The van der Waals surface area contributed by atoms with Gasteiger partial charge in [-0.1, -0.05) is 12.1 Å². The third-order valence-electron chi connectivity index (χ3n) is 4.52.